The van der Waals surface area contributed by atoms with Crippen LogP contribution >= 0.6 is 0 Å². The first kappa shape index (κ1) is 15.7. The van der Waals surface area contributed by atoms with Gasteiger partial charge in [-0.05, 0) is 31.2 Å². The van der Waals surface area contributed by atoms with Gasteiger partial charge in [-0.2, -0.15) is 0 Å². The van der Waals surface area contributed by atoms with E-state index in [-0.39, 0.29) is 17.9 Å². The van der Waals surface area contributed by atoms with Gasteiger partial charge in [-0.25, -0.2) is 4.39 Å². The van der Waals surface area contributed by atoms with Gasteiger partial charge < -0.3 is 9.63 Å². The average molecular weight is 306 g/mol. The zero-order chi connectivity index (χ0) is 16.3. The van der Waals surface area contributed by atoms with Gasteiger partial charge in [0.2, 0.25) is 0 Å². The highest BCUT2D eigenvalue weighted by Crippen LogP contribution is 2.19. The molecule has 1 aromatic heterocycles. The van der Waals surface area contributed by atoms with E-state index >= 15 is 0 Å². The number of benzene rings is 1. The predicted octanol–water partition coefficient (Wildman–Crippen LogP) is 2.49. The monoisotopic (exact) mass is 306 g/mol. The number of aromatic nitrogens is 1. The number of halogens is 1. The third-order valence-corrected chi connectivity index (χ3v) is 3.11. The number of aliphatic carboxylic acids is 1. The molecule has 1 heterocycles. The molecule has 116 valence electrons. The predicted molar refractivity (Wildman–Crippen MR) is 76.1 cm³/mol. The van der Waals surface area contributed by atoms with Crippen molar-refractivity contribution in [2.45, 2.75) is 13.8 Å². The molecule has 2 rings (SSSR count). The second-order valence-electron chi connectivity index (χ2n) is 4.96. The number of amides is 1. The van der Waals surface area contributed by atoms with E-state index in [0.717, 1.165) is 0 Å². The van der Waals surface area contributed by atoms with E-state index in [1.165, 1.54) is 42.2 Å². The number of rotatable bonds is 5. The van der Waals surface area contributed by atoms with Crippen LogP contribution in [0.3, 0.4) is 0 Å². The van der Waals surface area contributed by atoms with Crippen LogP contribution in [0.4, 0.5) is 10.2 Å². The molecule has 7 heteroatoms. The molecule has 0 aliphatic rings. The Morgan fingerprint density at radius 3 is 2.50 bits per heavy atom. The zero-order valence-corrected chi connectivity index (χ0v) is 12.1. The number of aryl methyl sites for hydroxylation is 1. The van der Waals surface area contributed by atoms with Crippen molar-refractivity contribution in [3.8, 4) is 0 Å². The maximum Gasteiger partial charge on any atom is 0.308 e. The fraction of sp³-hybridized carbons (Fsp3) is 0.267. The Labute approximate surface area is 126 Å². The van der Waals surface area contributed by atoms with Crippen LogP contribution in [-0.4, -0.2) is 28.7 Å². The lowest BCUT2D eigenvalue weighted by Crippen LogP contribution is -2.37. The third kappa shape index (κ3) is 3.49. The highest BCUT2D eigenvalue weighted by Gasteiger charge is 2.25. The minimum Gasteiger partial charge on any atom is -0.481 e. The topological polar surface area (TPSA) is 83.6 Å². The summed E-state index contributed by atoms with van der Waals surface area (Å²) in [5.41, 5.74) is 0.236. The molecule has 0 aliphatic heterocycles. The van der Waals surface area contributed by atoms with Gasteiger partial charge in [0.25, 0.3) is 5.91 Å². The van der Waals surface area contributed by atoms with Crippen molar-refractivity contribution in [1.29, 1.82) is 0 Å². The fourth-order valence-corrected chi connectivity index (χ4v) is 1.86. The second kappa shape index (κ2) is 6.38. The number of nitrogens with zero attached hydrogens (tertiary/aromatic N) is 2. The van der Waals surface area contributed by atoms with Crippen molar-refractivity contribution < 1.29 is 23.6 Å². The van der Waals surface area contributed by atoms with Crippen LogP contribution < -0.4 is 4.90 Å². The van der Waals surface area contributed by atoms with Gasteiger partial charge in [-0.15, -0.1) is 0 Å². The lowest BCUT2D eigenvalue weighted by atomic mass is 10.1. The average Bonchev–Trinajstić information content (AvgIpc) is 2.90. The normalized spacial score (nSPS) is 12.0. The quantitative estimate of drug-likeness (QED) is 0.917. The molecule has 0 fully saturated rings. The highest BCUT2D eigenvalue weighted by atomic mass is 19.1. The van der Waals surface area contributed by atoms with Crippen LogP contribution in [0.15, 0.2) is 34.9 Å². The molecule has 0 bridgehead atoms. The zero-order valence-electron chi connectivity index (χ0n) is 12.1. The highest BCUT2D eigenvalue weighted by molar-refractivity contribution is 6.05. The number of hydrogen-bond donors (Lipinski definition) is 1. The lowest BCUT2D eigenvalue weighted by Gasteiger charge is -2.21. The Morgan fingerprint density at radius 1 is 1.36 bits per heavy atom. The molecule has 2 aromatic rings. The SMILES string of the molecule is Cc1cc(N(CC(C)C(=O)O)C(=O)c2ccc(F)cc2)no1. The van der Waals surface area contributed by atoms with Crippen molar-refractivity contribution in [3.63, 3.8) is 0 Å². The van der Waals surface area contributed by atoms with Gasteiger partial charge >= 0.3 is 5.97 Å². The number of carbonyl (C=O) groups is 2. The number of hydrogen-bond acceptors (Lipinski definition) is 4. The molecule has 0 saturated heterocycles. The molecule has 6 nitrogen and oxygen atoms in total. The second-order valence-corrected chi connectivity index (χ2v) is 4.96. The van der Waals surface area contributed by atoms with Gasteiger partial charge in [0.1, 0.15) is 11.6 Å². The summed E-state index contributed by atoms with van der Waals surface area (Å²) >= 11 is 0. The van der Waals surface area contributed by atoms with Crippen molar-refractivity contribution in [1.82, 2.24) is 5.16 Å². The van der Waals surface area contributed by atoms with Crippen LogP contribution in [0.2, 0.25) is 0 Å². The summed E-state index contributed by atoms with van der Waals surface area (Å²) in [6, 6.07) is 6.54. The van der Waals surface area contributed by atoms with Gasteiger partial charge in [0.15, 0.2) is 5.82 Å². The molecule has 1 N–H and O–H groups in total. The Bertz CT molecular complexity index is 681. The Balaban J connectivity index is 2.32. The third-order valence-electron chi connectivity index (χ3n) is 3.11. The van der Waals surface area contributed by atoms with Crippen molar-refractivity contribution in [2.24, 2.45) is 5.92 Å². The molecular formula is C15H15FN2O4. The Hall–Kier alpha value is -2.70. The van der Waals surface area contributed by atoms with E-state index < -0.39 is 23.6 Å². The van der Waals surface area contributed by atoms with E-state index in [4.69, 9.17) is 9.63 Å². The number of carboxylic acid groups (broad SMARTS) is 1. The summed E-state index contributed by atoms with van der Waals surface area (Å²) in [4.78, 5) is 24.8. The van der Waals surface area contributed by atoms with E-state index in [0.29, 0.717) is 5.76 Å². The lowest BCUT2D eigenvalue weighted by molar-refractivity contribution is -0.140. The summed E-state index contributed by atoms with van der Waals surface area (Å²) in [7, 11) is 0. The summed E-state index contributed by atoms with van der Waals surface area (Å²) in [6.07, 6.45) is 0. The minimum atomic E-state index is -1.03. The van der Waals surface area contributed by atoms with Crippen LogP contribution in [0.5, 0.6) is 0 Å². The number of carbonyl (C=O) groups excluding carboxylic acids is 1. The van der Waals surface area contributed by atoms with Gasteiger partial charge in [0.05, 0.1) is 5.92 Å². The Morgan fingerprint density at radius 2 is 2.00 bits per heavy atom. The first-order valence-corrected chi connectivity index (χ1v) is 6.62. The van der Waals surface area contributed by atoms with E-state index in [2.05, 4.69) is 5.16 Å². The number of carboxylic acids is 1. The van der Waals surface area contributed by atoms with Crippen molar-refractivity contribution >= 4 is 17.7 Å². The van der Waals surface area contributed by atoms with Gasteiger partial charge in [0, 0.05) is 18.2 Å². The van der Waals surface area contributed by atoms with E-state index in [1.807, 2.05) is 0 Å². The molecule has 0 spiro atoms. The maximum atomic E-state index is 13.0. The van der Waals surface area contributed by atoms with E-state index in [1.54, 1.807) is 6.92 Å². The minimum absolute atomic E-state index is 0.0719. The van der Waals surface area contributed by atoms with Crippen LogP contribution in [-0.2, 0) is 4.79 Å². The van der Waals surface area contributed by atoms with E-state index in [9.17, 15) is 14.0 Å². The molecule has 0 radical (unpaired) electrons. The molecule has 1 aromatic carbocycles. The first-order valence-electron chi connectivity index (χ1n) is 6.62. The van der Waals surface area contributed by atoms with Gasteiger partial charge in [-0.1, -0.05) is 12.1 Å². The first-order chi connectivity index (χ1) is 10.4. The number of anilines is 1. The molecule has 1 unspecified atom stereocenters. The molecule has 0 aliphatic carbocycles. The standard InChI is InChI=1S/C15H15FN2O4/c1-9(15(20)21)8-18(13-7-10(2)22-17-13)14(19)11-3-5-12(16)6-4-11/h3-7,9H,8H2,1-2H3,(H,20,21). The van der Waals surface area contributed by atoms with Crippen molar-refractivity contribution in [3.05, 3.63) is 47.5 Å². The summed E-state index contributed by atoms with van der Waals surface area (Å²) < 4.78 is 17.9. The van der Waals surface area contributed by atoms with Crippen LogP contribution in [0.1, 0.15) is 23.0 Å². The van der Waals surface area contributed by atoms with Crippen molar-refractivity contribution in [2.75, 3.05) is 11.4 Å². The summed E-state index contributed by atoms with van der Waals surface area (Å²) in [5.74, 6) is -2.03. The molecule has 1 amide bonds. The summed E-state index contributed by atoms with van der Waals surface area (Å²) in [5, 5.41) is 12.8. The maximum absolute atomic E-state index is 13.0. The molecule has 0 saturated carbocycles. The molecular weight excluding hydrogens is 291 g/mol. The fourth-order valence-electron chi connectivity index (χ4n) is 1.86. The largest absolute Gasteiger partial charge is 0.481 e. The Kier molecular flexibility index (Phi) is 4.55. The van der Waals surface area contributed by atoms with Crippen LogP contribution in [0.25, 0.3) is 0 Å². The summed E-state index contributed by atoms with van der Waals surface area (Å²) in [6.45, 7) is 3.08. The van der Waals surface area contributed by atoms with Gasteiger partial charge in [-0.3, -0.25) is 14.5 Å². The molecule has 22 heavy (non-hydrogen) atoms. The smallest absolute Gasteiger partial charge is 0.308 e. The molecule has 1 atom stereocenters. The van der Waals surface area contributed by atoms with Crippen LogP contribution in [0, 0.1) is 18.7 Å².